The number of carbonyl (C=O) groups is 2. The lowest BCUT2D eigenvalue weighted by molar-refractivity contribution is 0.0687. The molecule has 2 aromatic carbocycles. The number of carboxylic acid groups (broad SMARTS) is 1. The van der Waals surface area contributed by atoms with Gasteiger partial charge in [0.2, 0.25) is 0 Å². The van der Waals surface area contributed by atoms with Crippen LogP contribution in [0.25, 0.3) is 5.69 Å². The van der Waals surface area contributed by atoms with Gasteiger partial charge in [-0.1, -0.05) is 22.0 Å². The molecule has 3 aromatic rings. The fourth-order valence-corrected chi connectivity index (χ4v) is 4.10. The summed E-state index contributed by atoms with van der Waals surface area (Å²) in [5, 5.41) is 16.9. The molecule has 2 N–H and O–H groups in total. The van der Waals surface area contributed by atoms with E-state index in [4.69, 9.17) is 9.47 Å². The van der Waals surface area contributed by atoms with Crippen molar-refractivity contribution in [1.29, 1.82) is 0 Å². The number of ether oxygens (including phenoxy) is 2. The number of carboxylic acids is 1. The maximum Gasteiger partial charge on any atom is 0.356 e. The monoisotopic (exact) mass is 514 g/mol. The smallest absolute Gasteiger partial charge is 0.356 e. The average molecular weight is 515 g/mol. The number of nitrogens with one attached hydrogen (secondary N) is 1. The number of benzene rings is 2. The molecule has 10 heteroatoms. The third-order valence-electron chi connectivity index (χ3n) is 5.51. The van der Waals surface area contributed by atoms with Crippen molar-refractivity contribution in [2.24, 2.45) is 0 Å². The third-order valence-corrected chi connectivity index (χ3v) is 6.04. The maximum atomic E-state index is 12.8. The zero-order valence-electron chi connectivity index (χ0n) is 18.2. The molecule has 0 aliphatic carbocycles. The first-order valence-electron chi connectivity index (χ1n) is 10.2. The fourth-order valence-electron chi connectivity index (χ4n) is 3.84. The molecule has 0 saturated heterocycles. The van der Waals surface area contributed by atoms with Crippen LogP contribution in [0.2, 0.25) is 0 Å². The molecule has 9 nitrogen and oxygen atoms in total. The van der Waals surface area contributed by atoms with Crippen molar-refractivity contribution in [2.45, 2.75) is 19.5 Å². The van der Waals surface area contributed by atoms with Crippen LogP contribution in [0.5, 0.6) is 11.5 Å². The Morgan fingerprint density at radius 2 is 1.85 bits per heavy atom. The van der Waals surface area contributed by atoms with Crippen molar-refractivity contribution in [3.63, 3.8) is 0 Å². The van der Waals surface area contributed by atoms with Crippen molar-refractivity contribution in [3.05, 3.63) is 69.5 Å². The van der Waals surface area contributed by atoms with Crippen LogP contribution in [0.1, 0.15) is 27.3 Å². The van der Waals surface area contributed by atoms with Crippen LogP contribution < -0.4 is 14.8 Å². The third kappa shape index (κ3) is 4.65. The molecular weight excluding hydrogens is 492 g/mol. The highest BCUT2D eigenvalue weighted by Crippen LogP contribution is 2.28. The number of aromatic carboxylic acids is 1. The predicted octanol–water partition coefficient (Wildman–Crippen LogP) is 3.62. The number of nitrogens with zero attached hydrogens (tertiary/aromatic N) is 3. The number of hydrogen-bond acceptors (Lipinski definition) is 5. The summed E-state index contributed by atoms with van der Waals surface area (Å²) in [6.45, 7) is 0.920. The van der Waals surface area contributed by atoms with Gasteiger partial charge in [0.25, 0.3) is 0 Å². The zero-order valence-corrected chi connectivity index (χ0v) is 19.8. The van der Waals surface area contributed by atoms with Gasteiger partial charge in [-0.15, -0.1) is 0 Å². The summed E-state index contributed by atoms with van der Waals surface area (Å²) in [5.41, 5.74) is 2.95. The molecular formula is C23H23BrN4O5. The molecule has 2 heterocycles. The van der Waals surface area contributed by atoms with E-state index in [1.54, 1.807) is 35.9 Å². The number of methoxy groups -OCH3 is 2. The van der Waals surface area contributed by atoms with E-state index in [0.717, 1.165) is 21.4 Å². The highest BCUT2D eigenvalue weighted by molar-refractivity contribution is 9.10. The van der Waals surface area contributed by atoms with Crippen molar-refractivity contribution >= 4 is 27.9 Å². The maximum absolute atomic E-state index is 12.8. The first kappa shape index (κ1) is 22.7. The summed E-state index contributed by atoms with van der Waals surface area (Å²) in [4.78, 5) is 26.3. The summed E-state index contributed by atoms with van der Waals surface area (Å²) in [6.07, 6.45) is 0.495. The minimum atomic E-state index is -1.12. The molecule has 172 valence electrons. The minimum absolute atomic E-state index is 0.0368. The summed E-state index contributed by atoms with van der Waals surface area (Å²) in [6, 6.07) is 12.6. The van der Waals surface area contributed by atoms with E-state index < -0.39 is 5.97 Å². The topological polar surface area (TPSA) is 106 Å². The van der Waals surface area contributed by atoms with Gasteiger partial charge < -0.3 is 24.8 Å². The molecule has 0 bridgehead atoms. The molecule has 0 radical (unpaired) electrons. The van der Waals surface area contributed by atoms with Crippen molar-refractivity contribution in [1.82, 2.24) is 20.0 Å². The molecule has 1 aliphatic heterocycles. The molecule has 2 amide bonds. The van der Waals surface area contributed by atoms with Crippen LogP contribution in [0.15, 0.2) is 46.9 Å². The van der Waals surface area contributed by atoms with Crippen LogP contribution in [0.3, 0.4) is 0 Å². The molecule has 0 unspecified atom stereocenters. The van der Waals surface area contributed by atoms with Crippen molar-refractivity contribution in [2.75, 3.05) is 20.8 Å². The zero-order chi connectivity index (χ0) is 23.5. The lowest BCUT2D eigenvalue weighted by Crippen LogP contribution is -2.42. The number of rotatable bonds is 6. The Morgan fingerprint density at radius 3 is 2.52 bits per heavy atom. The molecule has 4 rings (SSSR count). The Hall–Kier alpha value is -3.53. The number of halogens is 1. The number of urea groups is 1. The van der Waals surface area contributed by atoms with E-state index in [1.807, 2.05) is 30.3 Å². The number of aromatic nitrogens is 2. The van der Waals surface area contributed by atoms with Gasteiger partial charge in [0.1, 0.15) is 0 Å². The van der Waals surface area contributed by atoms with Crippen LogP contribution >= 0.6 is 15.9 Å². The van der Waals surface area contributed by atoms with E-state index >= 15 is 0 Å². The van der Waals surface area contributed by atoms with E-state index in [1.165, 1.54) is 0 Å². The van der Waals surface area contributed by atoms with Crippen LogP contribution in [0.4, 0.5) is 4.79 Å². The van der Waals surface area contributed by atoms with Crippen LogP contribution in [-0.2, 0) is 19.5 Å². The number of amides is 2. The number of hydrogen-bond donors (Lipinski definition) is 2. The van der Waals surface area contributed by atoms with Gasteiger partial charge in [0.05, 0.1) is 32.1 Å². The highest BCUT2D eigenvalue weighted by atomic mass is 79.9. The quantitative estimate of drug-likeness (QED) is 0.520. The predicted molar refractivity (Wildman–Crippen MR) is 124 cm³/mol. The molecule has 33 heavy (non-hydrogen) atoms. The van der Waals surface area contributed by atoms with Gasteiger partial charge in [0, 0.05) is 29.5 Å². The van der Waals surface area contributed by atoms with Gasteiger partial charge in [0.15, 0.2) is 17.2 Å². The summed E-state index contributed by atoms with van der Waals surface area (Å²) in [7, 11) is 3.12. The largest absolute Gasteiger partial charge is 0.493 e. The highest BCUT2D eigenvalue weighted by Gasteiger charge is 2.30. The first-order valence-corrected chi connectivity index (χ1v) is 11.0. The molecule has 0 saturated carbocycles. The Bertz CT molecular complexity index is 1190. The summed E-state index contributed by atoms with van der Waals surface area (Å²) < 4.78 is 13.1. The second-order valence-corrected chi connectivity index (χ2v) is 8.40. The number of carbonyl (C=O) groups excluding carboxylic acids is 1. The Balaban J connectivity index is 1.51. The van der Waals surface area contributed by atoms with Crippen molar-refractivity contribution < 1.29 is 24.2 Å². The summed E-state index contributed by atoms with van der Waals surface area (Å²) in [5.74, 6) is 0.0770. The van der Waals surface area contributed by atoms with E-state index in [2.05, 4.69) is 26.3 Å². The van der Waals surface area contributed by atoms with Gasteiger partial charge in [-0.2, -0.15) is 5.10 Å². The van der Waals surface area contributed by atoms with E-state index in [9.17, 15) is 14.7 Å². The van der Waals surface area contributed by atoms with Gasteiger partial charge in [-0.25, -0.2) is 14.3 Å². The van der Waals surface area contributed by atoms with Crippen LogP contribution in [0, 0.1) is 0 Å². The number of fused-ring (bicyclic) bond motifs is 1. The second kappa shape index (κ2) is 9.53. The Morgan fingerprint density at radius 1 is 1.12 bits per heavy atom. The van der Waals surface area contributed by atoms with E-state index in [0.29, 0.717) is 36.6 Å². The van der Waals surface area contributed by atoms with Crippen molar-refractivity contribution in [3.8, 4) is 17.2 Å². The molecule has 0 fully saturated rings. The van der Waals surface area contributed by atoms with E-state index in [-0.39, 0.29) is 18.3 Å². The normalized spacial score (nSPS) is 12.8. The molecule has 1 aromatic heterocycles. The van der Waals surface area contributed by atoms with Crippen LogP contribution in [-0.4, -0.2) is 52.6 Å². The molecule has 0 atom stereocenters. The van der Waals surface area contributed by atoms with Gasteiger partial charge in [-0.3, -0.25) is 0 Å². The lowest BCUT2D eigenvalue weighted by Gasteiger charge is -2.28. The molecule has 0 spiro atoms. The fraction of sp³-hybridized carbons (Fsp3) is 0.261. The average Bonchev–Trinajstić information content (AvgIpc) is 3.22. The standard InChI is InChI=1S/C23H23BrN4O5/c1-32-19-8-3-14(11-20(19)33-2)12-25-23(31)27-10-9-18-17(13-27)21(22(29)30)26-28(18)16-6-4-15(24)5-7-16/h3-8,11H,9-10,12-13H2,1-2H3,(H,25,31)(H,29,30). The molecule has 1 aliphatic rings. The first-order chi connectivity index (χ1) is 15.9. The van der Waals surface area contributed by atoms with Gasteiger partial charge >= 0.3 is 12.0 Å². The van der Waals surface area contributed by atoms with Gasteiger partial charge in [-0.05, 0) is 42.0 Å². The minimum Gasteiger partial charge on any atom is -0.493 e. The SMILES string of the molecule is COc1ccc(CNC(=O)N2CCc3c(c(C(=O)O)nn3-c3ccc(Br)cc3)C2)cc1OC. The Labute approximate surface area is 199 Å². The second-order valence-electron chi connectivity index (χ2n) is 7.49. The summed E-state index contributed by atoms with van der Waals surface area (Å²) >= 11 is 3.40. The lowest BCUT2D eigenvalue weighted by atomic mass is 10.1. The Kier molecular flexibility index (Phi) is 6.55.